The summed E-state index contributed by atoms with van der Waals surface area (Å²) >= 11 is 0. The lowest BCUT2D eigenvalue weighted by molar-refractivity contribution is -0.143. The minimum Gasteiger partial charge on any atom is -0.320 e. The summed E-state index contributed by atoms with van der Waals surface area (Å²) in [6.45, 7) is 1.25. The Labute approximate surface area is 62.5 Å². The molecule has 0 saturated carbocycles. The van der Waals surface area contributed by atoms with E-state index < -0.39 is 5.97 Å². The van der Waals surface area contributed by atoms with Crippen molar-refractivity contribution in [2.75, 3.05) is 0 Å². The number of aldehydes is 1. The molecule has 1 rings (SSSR count). The first-order valence-electron chi connectivity index (χ1n) is 2.92. The molecule has 1 aromatic heterocycles. The molecule has 1 aromatic rings. The van der Waals surface area contributed by atoms with Gasteiger partial charge in [0.1, 0.15) is 5.69 Å². The van der Waals surface area contributed by atoms with Gasteiger partial charge in [-0.1, -0.05) is 4.85 Å². The average molecular weight is 154 g/mol. The molecule has 5 nitrogen and oxygen atoms in total. The van der Waals surface area contributed by atoms with Gasteiger partial charge in [-0.3, -0.25) is 4.79 Å². The maximum absolute atomic E-state index is 10.3. The van der Waals surface area contributed by atoms with Gasteiger partial charge in [0.25, 0.3) is 0 Å². The summed E-state index contributed by atoms with van der Waals surface area (Å²) in [7, 11) is 0. The number of aromatic nitrogens is 2. The minimum absolute atomic E-state index is 0.228. The average Bonchev–Trinajstić information content (AvgIpc) is 2.34. The van der Waals surface area contributed by atoms with Crippen LogP contribution in [0.3, 0.4) is 0 Å². The highest BCUT2D eigenvalue weighted by Gasteiger charge is 1.98. The molecular formula is C6H6N2O3. The Morgan fingerprint density at radius 2 is 2.55 bits per heavy atom. The molecule has 1 heterocycles. The lowest BCUT2D eigenvalue weighted by Gasteiger charge is -1.95. The van der Waals surface area contributed by atoms with Crippen LogP contribution >= 0.6 is 0 Å². The summed E-state index contributed by atoms with van der Waals surface area (Å²) in [6, 6.07) is 1.44. The first kappa shape index (κ1) is 7.46. The van der Waals surface area contributed by atoms with Crippen molar-refractivity contribution in [2.45, 2.75) is 6.92 Å². The van der Waals surface area contributed by atoms with Crippen molar-refractivity contribution in [3.05, 3.63) is 18.0 Å². The van der Waals surface area contributed by atoms with Crippen molar-refractivity contribution in [3.63, 3.8) is 0 Å². The van der Waals surface area contributed by atoms with Gasteiger partial charge in [-0.25, -0.2) is 4.79 Å². The molecule has 0 fully saturated rings. The Hall–Kier alpha value is -1.65. The van der Waals surface area contributed by atoms with Crippen molar-refractivity contribution >= 4 is 12.3 Å². The van der Waals surface area contributed by atoms with Crippen LogP contribution in [0.4, 0.5) is 0 Å². The second-order valence-corrected chi connectivity index (χ2v) is 1.84. The van der Waals surface area contributed by atoms with Crippen LogP contribution in [0.2, 0.25) is 0 Å². The number of hydrogen-bond acceptors (Lipinski definition) is 4. The smallest absolute Gasteiger partial charge is 0.320 e. The molecule has 11 heavy (non-hydrogen) atoms. The lowest BCUT2D eigenvalue weighted by atomic mass is 10.5. The zero-order valence-electron chi connectivity index (χ0n) is 5.85. The number of rotatable bonds is 2. The second-order valence-electron chi connectivity index (χ2n) is 1.84. The van der Waals surface area contributed by atoms with Crippen LogP contribution < -0.4 is 4.84 Å². The number of carbonyl (C=O) groups excluding carboxylic acids is 2. The molecule has 0 N–H and O–H groups in total. The zero-order valence-corrected chi connectivity index (χ0v) is 5.85. The molecule has 0 spiro atoms. The van der Waals surface area contributed by atoms with E-state index >= 15 is 0 Å². The standard InChI is InChI=1S/C6H6N2O3/c1-5(10)11-8-3-2-6(4-9)7-8/h2-4H,1H3. The van der Waals surface area contributed by atoms with E-state index in [0.29, 0.717) is 6.29 Å². The summed E-state index contributed by atoms with van der Waals surface area (Å²) in [4.78, 5) is 25.9. The summed E-state index contributed by atoms with van der Waals surface area (Å²) in [5.74, 6) is -0.481. The quantitative estimate of drug-likeness (QED) is 0.547. The van der Waals surface area contributed by atoms with Crippen LogP contribution in [0, 0.1) is 0 Å². The maximum Gasteiger partial charge on any atom is 0.331 e. The van der Waals surface area contributed by atoms with E-state index in [0.717, 1.165) is 4.85 Å². The Morgan fingerprint density at radius 1 is 1.82 bits per heavy atom. The van der Waals surface area contributed by atoms with Crippen LogP contribution in [0.1, 0.15) is 17.4 Å². The molecule has 0 aromatic carbocycles. The highest BCUT2D eigenvalue weighted by atomic mass is 16.7. The highest BCUT2D eigenvalue weighted by molar-refractivity contribution is 5.71. The predicted molar refractivity (Wildman–Crippen MR) is 34.9 cm³/mol. The fraction of sp³-hybridized carbons (Fsp3) is 0.167. The summed E-state index contributed by atoms with van der Waals surface area (Å²) in [6.07, 6.45) is 1.95. The van der Waals surface area contributed by atoms with E-state index in [1.165, 1.54) is 19.2 Å². The topological polar surface area (TPSA) is 61.2 Å². The molecule has 0 atom stereocenters. The van der Waals surface area contributed by atoms with Gasteiger partial charge in [0.2, 0.25) is 0 Å². The van der Waals surface area contributed by atoms with Crippen LogP contribution in [0.5, 0.6) is 0 Å². The molecule has 0 aliphatic heterocycles. The van der Waals surface area contributed by atoms with Gasteiger partial charge in [0, 0.05) is 6.92 Å². The summed E-state index contributed by atoms with van der Waals surface area (Å²) < 4.78 is 0. The fourth-order valence-electron chi connectivity index (χ4n) is 0.566. The van der Waals surface area contributed by atoms with E-state index in [-0.39, 0.29) is 5.69 Å². The van der Waals surface area contributed by atoms with Gasteiger partial charge < -0.3 is 4.84 Å². The highest BCUT2D eigenvalue weighted by Crippen LogP contribution is 1.88. The Bertz CT molecular complexity index is 279. The van der Waals surface area contributed by atoms with Gasteiger partial charge in [0.05, 0.1) is 6.20 Å². The fourth-order valence-corrected chi connectivity index (χ4v) is 0.566. The van der Waals surface area contributed by atoms with Crippen molar-refractivity contribution < 1.29 is 14.4 Å². The van der Waals surface area contributed by atoms with Gasteiger partial charge in [0.15, 0.2) is 6.29 Å². The van der Waals surface area contributed by atoms with E-state index in [1.54, 1.807) is 0 Å². The van der Waals surface area contributed by atoms with Gasteiger partial charge in [-0.05, 0) is 6.07 Å². The third-order valence-corrected chi connectivity index (χ3v) is 0.930. The van der Waals surface area contributed by atoms with Gasteiger partial charge in [-0.15, -0.1) is 5.10 Å². The van der Waals surface area contributed by atoms with Gasteiger partial charge >= 0.3 is 5.97 Å². The van der Waals surface area contributed by atoms with E-state index in [1.807, 2.05) is 0 Å². The number of hydrogen-bond donors (Lipinski definition) is 0. The predicted octanol–water partition coefficient (Wildman–Crippen LogP) is -0.329. The Morgan fingerprint density at radius 3 is 3.00 bits per heavy atom. The van der Waals surface area contributed by atoms with Crippen LogP contribution in [0.25, 0.3) is 0 Å². The molecule has 0 saturated heterocycles. The third kappa shape index (κ3) is 1.89. The summed E-state index contributed by atoms with van der Waals surface area (Å²) in [5, 5.41) is 3.57. The van der Waals surface area contributed by atoms with E-state index in [4.69, 9.17) is 0 Å². The van der Waals surface area contributed by atoms with Crippen molar-refractivity contribution in [3.8, 4) is 0 Å². The monoisotopic (exact) mass is 154 g/mol. The Kier molecular flexibility index (Phi) is 2.00. The van der Waals surface area contributed by atoms with Crippen LogP contribution in [0.15, 0.2) is 12.3 Å². The molecule has 0 bridgehead atoms. The molecule has 0 unspecified atom stereocenters. The SMILES string of the molecule is CC(=O)On1ccc(C=O)n1. The Balaban J connectivity index is 2.72. The maximum atomic E-state index is 10.3. The molecule has 0 radical (unpaired) electrons. The minimum atomic E-state index is -0.481. The molecule has 58 valence electrons. The normalized spacial score (nSPS) is 9.18. The first-order valence-corrected chi connectivity index (χ1v) is 2.92. The van der Waals surface area contributed by atoms with Crippen LogP contribution in [-0.2, 0) is 4.79 Å². The van der Waals surface area contributed by atoms with Gasteiger partial charge in [-0.2, -0.15) is 0 Å². The van der Waals surface area contributed by atoms with Crippen LogP contribution in [-0.4, -0.2) is 22.2 Å². The van der Waals surface area contributed by atoms with Crippen molar-refractivity contribution in [1.82, 2.24) is 9.94 Å². The van der Waals surface area contributed by atoms with E-state index in [2.05, 4.69) is 9.94 Å². The third-order valence-electron chi connectivity index (χ3n) is 0.930. The largest absolute Gasteiger partial charge is 0.331 e. The zero-order chi connectivity index (χ0) is 8.27. The summed E-state index contributed by atoms with van der Waals surface area (Å²) in [5.41, 5.74) is 0.228. The first-order chi connectivity index (χ1) is 5.22. The van der Waals surface area contributed by atoms with Crippen molar-refractivity contribution in [2.24, 2.45) is 0 Å². The van der Waals surface area contributed by atoms with Crippen molar-refractivity contribution in [1.29, 1.82) is 0 Å². The molecule has 0 aliphatic carbocycles. The second kappa shape index (κ2) is 2.96. The molecule has 0 aliphatic rings. The number of nitrogens with zero attached hydrogens (tertiary/aromatic N) is 2. The van der Waals surface area contributed by atoms with E-state index in [9.17, 15) is 9.59 Å². The lowest BCUT2D eigenvalue weighted by Crippen LogP contribution is -2.16. The molecule has 0 amide bonds. The number of carbonyl (C=O) groups is 2. The molecule has 5 heteroatoms. The molecular weight excluding hydrogens is 148 g/mol.